The summed E-state index contributed by atoms with van der Waals surface area (Å²) in [5.74, 6) is 0.988. The van der Waals surface area contributed by atoms with Crippen molar-refractivity contribution < 1.29 is 4.79 Å². The van der Waals surface area contributed by atoms with E-state index in [0.717, 1.165) is 29.8 Å². The first-order chi connectivity index (χ1) is 13.6. The third kappa shape index (κ3) is 5.23. The van der Waals surface area contributed by atoms with Crippen LogP contribution in [0.3, 0.4) is 0 Å². The van der Waals surface area contributed by atoms with Crippen molar-refractivity contribution in [3.63, 3.8) is 0 Å². The Morgan fingerprint density at radius 2 is 1.82 bits per heavy atom. The van der Waals surface area contributed by atoms with Gasteiger partial charge in [-0.2, -0.15) is 0 Å². The third-order valence-electron chi connectivity index (χ3n) is 4.66. The van der Waals surface area contributed by atoms with Gasteiger partial charge in [0, 0.05) is 5.56 Å². The lowest BCUT2D eigenvalue weighted by Gasteiger charge is -2.17. The number of hydrogen-bond acceptors (Lipinski definition) is 4. The number of thioether (sulfide) groups is 1. The summed E-state index contributed by atoms with van der Waals surface area (Å²) in [4.78, 5) is 16.9. The minimum atomic E-state index is -0.0175. The summed E-state index contributed by atoms with van der Waals surface area (Å²) in [6, 6.07) is 16.6. The van der Waals surface area contributed by atoms with Crippen LogP contribution in [-0.4, -0.2) is 26.8 Å². The van der Waals surface area contributed by atoms with Crippen LogP contribution in [0.2, 0.25) is 0 Å². The molecule has 0 fully saturated rings. The van der Waals surface area contributed by atoms with Gasteiger partial charge in [-0.05, 0) is 30.9 Å². The minimum Gasteiger partial charge on any atom is -0.349 e. The van der Waals surface area contributed by atoms with E-state index >= 15 is 0 Å². The smallest absolute Gasteiger partial charge is 0.230 e. The second-order valence-electron chi connectivity index (χ2n) is 6.74. The van der Waals surface area contributed by atoms with Crippen LogP contribution in [0, 0.1) is 6.92 Å². The molecule has 5 nitrogen and oxygen atoms in total. The van der Waals surface area contributed by atoms with Crippen LogP contribution in [0.4, 0.5) is 0 Å². The van der Waals surface area contributed by atoms with Crippen molar-refractivity contribution in [1.82, 2.24) is 20.5 Å². The summed E-state index contributed by atoms with van der Waals surface area (Å²) in [5, 5.41) is 10.8. The van der Waals surface area contributed by atoms with Crippen LogP contribution in [0.5, 0.6) is 0 Å². The molecule has 28 heavy (non-hydrogen) atoms. The van der Waals surface area contributed by atoms with Gasteiger partial charge >= 0.3 is 0 Å². The van der Waals surface area contributed by atoms with Gasteiger partial charge in [0.2, 0.25) is 11.1 Å². The Balaban J connectivity index is 1.55. The number of aromatic nitrogens is 3. The van der Waals surface area contributed by atoms with E-state index in [1.807, 2.05) is 12.1 Å². The third-order valence-corrected chi connectivity index (χ3v) is 5.50. The zero-order valence-corrected chi connectivity index (χ0v) is 17.3. The number of carbonyl (C=O) groups is 1. The van der Waals surface area contributed by atoms with E-state index < -0.39 is 0 Å². The topological polar surface area (TPSA) is 70.7 Å². The summed E-state index contributed by atoms with van der Waals surface area (Å²) in [6.07, 6.45) is 1.85. The molecule has 0 aliphatic carbocycles. The van der Waals surface area contributed by atoms with Crippen molar-refractivity contribution in [3.8, 4) is 11.4 Å². The van der Waals surface area contributed by atoms with E-state index in [1.54, 1.807) is 0 Å². The van der Waals surface area contributed by atoms with E-state index in [4.69, 9.17) is 0 Å². The lowest BCUT2D eigenvalue weighted by molar-refractivity contribution is -0.119. The molecule has 1 unspecified atom stereocenters. The summed E-state index contributed by atoms with van der Waals surface area (Å²) >= 11 is 1.34. The average Bonchev–Trinajstić information content (AvgIpc) is 3.20. The zero-order chi connectivity index (χ0) is 19.9. The first kappa shape index (κ1) is 20.1. The van der Waals surface area contributed by atoms with Crippen molar-refractivity contribution in [3.05, 3.63) is 65.2 Å². The second-order valence-corrected chi connectivity index (χ2v) is 7.69. The lowest BCUT2D eigenvalue weighted by Crippen LogP contribution is -2.29. The van der Waals surface area contributed by atoms with Gasteiger partial charge in [-0.3, -0.25) is 9.89 Å². The Labute approximate surface area is 170 Å². The fourth-order valence-corrected chi connectivity index (χ4v) is 3.53. The SMILES string of the molecule is CCc1ccc(-c2nc(SCC(=O)NC(CC)c3ccc(C)cc3)n[nH]2)cc1. The largest absolute Gasteiger partial charge is 0.349 e. The molecule has 2 N–H and O–H groups in total. The minimum absolute atomic E-state index is 0.0175. The number of nitrogens with zero attached hydrogens (tertiary/aromatic N) is 2. The summed E-state index contributed by atoms with van der Waals surface area (Å²) in [7, 11) is 0. The number of aromatic amines is 1. The van der Waals surface area contributed by atoms with Gasteiger partial charge in [0.25, 0.3) is 0 Å². The Kier molecular flexibility index (Phi) is 6.87. The van der Waals surface area contributed by atoms with E-state index in [2.05, 4.69) is 77.7 Å². The van der Waals surface area contributed by atoms with E-state index in [-0.39, 0.29) is 17.7 Å². The monoisotopic (exact) mass is 394 g/mol. The summed E-state index contributed by atoms with van der Waals surface area (Å²) in [5.41, 5.74) is 4.62. The number of hydrogen-bond donors (Lipinski definition) is 2. The number of amides is 1. The predicted molar refractivity (Wildman–Crippen MR) is 114 cm³/mol. The first-order valence-electron chi connectivity index (χ1n) is 9.59. The highest BCUT2D eigenvalue weighted by Crippen LogP contribution is 2.21. The van der Waals surface area contributed by atoms with Gasteiger partial charge in [-0.15, -0.1) is 5.10 Å². The van der Waals surface area contributed by atoms with E-state index in [1.165, 1.54) is 22.9 Å². The number of carbonyl (C=O) groups excluding carboxylic acids is 1. The highest BCUT2D eigenvalue weighted by Gasteiger charge is 2.14. The molecule has 0 saturated heterocycles. The molecule has 1 atom stereocenters. The fourth-order valence-electron chi connectivity index (χ4n) is 2.92. The van der Waals surface area contributed by atoms with Gasteiger partial charge in [0.1, 0.15) is 0 Å². The van der Waals surface area contributed by atoms with Gasteiger partial charge in [-0.25, -0.2) is 4.98 Å². The summed E-state index contributed by atoms with van der Waals surface area (Å²) in [6.45, 7) is 6.26. The molecule has 0 aliphatic heterocycles. The molecule has 0 aliphatic rings. The van der Waals surface area contributed by atoms with Gasteiger partial charge < -0.3 is 5.32 Å². The van der Waals surface area contributed by atoms with Crippen LogP contribution in [0.25, 0.3) is 11.4 Å². The molecule has 0 saturated carbocycles. The van der Waals surface area contributed by atoms with Crippen LogP contribution in [0.1, 0.15) is 43.0 Å². The van der Waals surface area contributed by atoms with Crippen molar-refractivity contribution in [2.45, 2.75) is 44.8 Å². The Bertz CT molecular complexity index is 903. The van der Waals surface area contributed by atoms with Crippen molar-refractivity contribution in [2.24, 2.45) is 0 Å². The molecule has 0 bridgehead atoms. The van der Waals surface area contributed by atoms with Gasteiger partial charge in [0.05, 0.1) is 11.8 Å². The molecule has 1 aromatic heterocycles. The maximum absolute atomic E-state index is 12.4. The molecule has 2 aromatic carbocycles. The number of aryl methyl sites for hydroxylation is 2. The van der Waals surface area contributed by atoms with E-state index in [9.17, 15) is 4.79 Å². The Morgan fingerprint density at radius 3 is 2.46 bits per heavy atom. The quantitative estimate of drug-likeness (QED) is 0.543. The normalized spacial score (nSPS) is 12.0. The molecule has 0 radical (unpaired) electrons. The molecule has 3 aromatic rings. The highest BCUT2D eigenvalue weighted by atomic mass is 32.2. The Morgan fingerprint density at radius 1 is 1.11 bits per heavy atom. The molecule has 6 heteroatoms. The fraction of sp³-hybridized carbons (Fsp3) is 0.318. The lowest BCUT2D eigenvalue weighted by atomic mass is 10.0. The molecular formula is C22H26N4OS. The molecule has 1 heterocycles. The van der Waals surface area contributed by atoms with Gasteiger partial charge in [-0.1, -0.05) is 79.7 Å². The molecule has 0 spiro atoms. The second kappa shape index (κ2) is 9.55. The summed E-state index contributed by atoms with van der Waals surface area (Å²) < 4.78 is 0. The van der Waals surface area contributed by atoms with Crippen LogP contribution < -0.4 is 5.32 Å². The maximum atomic E-state index is 12.4. The van der Waals surface area contributed by atoms with Crippen molar-refractivity contribution in [2.75, 3.05) is 5.75 Å². The molecule has 1 amide bonds. The number of rotatable bonds is 8. The number of H-pyrrole nitrogens is 1. The molecule has 3 rings (SSSR count). The zero-order valence-electron chi connectivity index (χ0n) is 16.5. The Hall–Kier alpha value is -2.60. The molecule has 146 valence electrons. The molecular weight excluding hydrogens is 368 g/mol. The maximum Gasteiger partial charge on any atom is 0.230 e. The van der Waals surface area contributed by atoms with Gasteiger partial charge in [0.15, 0.2) is 5.82 Å². The number of nitrogens with one attached hydrogen (secondary N) is 2. The van der Waals surface area contributed by atoms with Crippen LogP contribution >= 0.6 is 11.8 Å². The number of benzene rings is 2. The standard InChI is InChI=1S/C22H26N4OS/c1-4-16-8-12-18(13-9-16)21-24-22(26-25-21)28-14-20(27)23-19(5-2)17-10-6-15(3)7-11-17/h6-13,19H,4-5,14H2,1-3H3,(H,23,27)(H,24,25,26). The van der Waals surface area contributed by atoms with Crippen molar-refractivity contribution in [1.29, 1.82) is 0 Å². The van der Waals surface area contributed by atoms with Crippen LogP contribution in [-0.2, 0) is 11.2 Å². The highest BCUT2D eigenvalue weighted by molar-refractivity contribution is 7.99. The van der Waals surface area contributed by atoms with Crippen molar-refractivity contribution >= 4 is 17.7 Å². The van der Waals surface area contributed by atoms with E-state index in [0.29, 0.717) is 5.16 Å². The van der Waals surface area contributed by atoms with Crippen LogP contribution in [0.15, 0.2) is 53.7 Å². The first-order valence-corrected chi connectivity index (χ1v) is 10.6. The average molecular weight is 395 g/mol. The predicted octanol–water partition coefficient (Wildman–Crippen LogP) is 4.70.